The van der Waals surface area contributed by atoms with Crippen molar-refractivity contribution in [3.8, 4) is 0 Å². The molecule has 1 amide bonds. The summed E-state index contributed by atoms with van der Waals surface area (Å²) in [6.45, 7) is 3.87. The van der Waals surface area contributed by atoms with Gasteiger partial charge in [-0.2, -0.15) is 0 Å². The summed E-state index contributed by atoms with van der Waals surface area (Å²) < 4.78 is 22.7. The van der Waals surface area contributed by atoms with Crippen molar-refractivity contribution in [2.75, 3.05) is 11.6 Å². The molecule has 7 nitrogen and oxygen atoms in total. The third-order valence-electron chi connectivity index (χ3n) is 2.79. The summed E-state index contributed by atoms with van der Waals surface area (Å²) in [6.07, 6.45) is 1.13. The van der Waals surface area contributed by atoms with E-state index in [2.05, 4.69) is 20.5 Å². The minimum absolute atomic E-state index is 0.0471. The summed E-state index contributed by atoms with van der Waals surface area (Å²) in [5, 5.41) is 9.16. The van der Waals surface area contributed by atoms with Crippen LogP contribution < -0.4 is 5.32 Å². The van der Waals surface area contributed by atoms with Crippen LogP contribution in [-0.2, 0) is 9.84 Å². The lowest BCUT2D eigenvalue weighted by Crippen LogP contribution is -2.14. The van der Waals surface area contributed by atoms with E-state index in [-0.39, 0.29) is 16.6 Å². The van der Waals surface area contributed by atoms with Crippen LogP contribution in [0.5, 0.6) is 0 Å². The topological polar surface area (TPSA) is 105 Å². The van der Waals surface area contributed by atoms with E-state index in [1.165, 1.54) is 24.3 Å². The lowest BCUT2D eigenvalue weighted by Gasteiger charge is -2.03. The first-order valence-electron chi connectivity index (χ1n) is 6.31. The van der Waals surface area contributed by atoms with Gasteiger partial charge in [0.15, 0.2) is 9.84 Å². The Labute approximate surface area is 122 Å². The summed E-state index contributed by atoms with van der Waals surface area (Å²) in [4.78, 5) is 16.2. The number of nitrogens with one attached hydrogen (secondary N) is 2. The van der Waals surface area contributed by atoms with Gasteiger partial charge in [0.25, 0.3) is 5.91 Å². The molecule has 0 radical (unpaired) electrons. The Balaban J connectivity index is 2.12. The summed E-state index contributed by atoms with van der Waals surface area (Å²) in [5.41, 5.74) is 0.475. The third kappa shape index (κ3) is 3.66. The summed E-state index contributed by atoms with van der Waals surface area (Å²) in [6, 6.07) is 5.90. The van der Waals surface area contributed by atoms with Crippen LogP contribution in [0, 0.1) is 0 Å². The molecule has 1 aromatic carbocycles. The van der Waals surface area contributed by atoms with Gasteiger partial charge in [-0.15, -0.1) is 5.10 Å². The van der Waals surface area contributed by atoms with Crippen molar-refractivity contribution < 1.29 is 13.2 Å². The molecule has 0 spiro atoms. The Morgan fingerprint density at radius 3 is 2.33 bits per heavy atom. The molecule has 21 heavy (non-hydrogen) atoms. The highest BCUT2D eigenvalue weighted by atomic mass is 32.2. The van der Waals surface area contributed by atoms with Crippen LogP contribution in [0.15, 0.2) is 29.2 Å². The standard InChI is InChI=1S/C13H16N4O3S/c1-8(2)11-15-12(17-16-11)13(18)14-9-4-6-10(7-5-9)21(3,19)20/h4-8H,1-3H3,(H,14,18)(H,15,16,17). The van der Waals surface area contributed by atoms with Crippen molar-refractivity contribution in [1.29, 1.82) is 0 Å². The maximum atomic E-state index is 12.0. The predicted octanol–water partition coefficient (Wildman–Crippen LogP) is 1.58. The second kappa shape index (κ2) is 5.65. The monoisotopic (exact) mass is 308 g/mol. The van der Waals surface area contributed by atoms with E-state index in [1.54, 1.807) is 0 Å². The van der Waals surface area contributed by atoms with Gasteiger partial charge in [0.2, 0.25) is 5.82 Å². The molecule has 0 aliphatic heterocycles. The molecule has 8 heteroatoms. The Hall–Kier alpha value is -2.22. The van der Waals surface area contributed by atoms with Crippen molar-refractivity contribution in [3.63, 3.8) is 0 Å². The van der Waals surface area contributed by atoms with E-state index in [0.717, 1.165) is 6.26 Å². The largest absolute Gasteiger partial charge is 0.319 e. The van der Waals surface area contributed by atoms with E-state index in [4.69, 9.17) is 0 Å². The molecule has 2 N–H and O–H groups in total. The van der Waals surface area contributed by atoms with Gasteiger partial charge >= 0.3 is 0 Å². The van der Waals surface area contributed by atoms with Gasteiger partial charge in [-0.1, -0.05) is 13.8 Å². The van der Waals surface area contributed by atoms with Crippen molar-refractivity contribution >= 4 is 21.4 Å². The average Bonchev–Trinajstić information content (AvgIpc) is 2.88. The van der Waals surface area contributed by atoms with E-state index in [0.29, 0.717) is 11.5 Å². The van der Waals surface area contributed by atoms with Crippen LogP contribution in [0.2, 0.25) is 0 Å². The zero-order valence-electron chi connectivity index (χ0n) is 11.9. The van der Waals surface area contributed by atoms with Crippen LogP contribution in [0.4, 0.5) is 5.69 Å². The van der Waals surface area contributed by atoms with Gasteiger partial charge in [0.1, 0.15) is 5.82 Å². The molecule has 2 rings (SSSR count). The minimum Gasteiger partial charge on any atom is -0.319 e. The molecule has 0 saturated heterocycles. The summed E-state index contributed by atoms with van der Waals surface area (Å²) in [7, 11) is -3.25. The Kier molecular flexibility index (Phi) is 4.08. The number of benzene rings is 1. The first kappa shape index (κ1) is 15.2. The van der Waals surface area contributed by atoms with Crippen LogP contribution in [0.25, 0.3) is 0 Å². The highest BCUT2D eigenvalue weighted by Crippen LogP contribution is 2.15. The lowest BCUT2D eigenvalue weighted by molar-refractivity contribution is 0.101. The van der Waals surface area contributed by atoms with Gasteiger partial charge in [-0.3, -0.25) is 9.89 Å². The summed E-state index contributed by atoms with van der Waals surface area (Å²) >= 11 is 0. The quantitative estimate of drug-likeness (QED) is 0.892. The molecule has 1 aromatic heterocycles. The van der Waals surface area contributed by atoms with E-state index >= 15 is 0 Å². The van der Waals surface area contributed by atoms with Crippen molar-refractivity contribution in [2.24, 2.45) is 0 Å². The molecule has 112 valence electrons. The van der Waals surface area contributed by atoms with Crippen LogP contribution in [-0.4, -0.2) is 35.8 Å². The number of rotatable bonds is 4. The third-order valence-corrected chi connectivity index (χ3v) is 3.92. The fourth-order valence-electron chi connectivity index (χ4n) is 1.61. The van der Waals surface area contributed by atoms with Crippen LogP contribution in [0.3, 0.4) is 0 Å². The second-order valence-corrected chi connectivity index (χ2v) is 6.97. The van der Waals surface area contributed by atoms with Gasteiger partial charge < -0.3 is 5.32 Å². The van der Waals surface area contributed by atoms with Gasteiger partial charge in [0.05, 0.1) is 4.90 Å². The van der Waals surface area contributed by atoms with Crippen molar-refractivity contribution in [1.82, 2.24) is 15.2 Å². The SMILES string of the molecule is CC(C)c1nc(C(=O)Nc2ccc(S(C)(=O)=O)cc2)n[nH]1. The number of amides is 1. The Morgan fingerprint density at radius 1 is 1.24 bits per heavy atom. The number of aromatic amines is 1. The summed E-state index contributed by atoms with van der Waals surface area (Å²) in [5.74, 6) is 0.372. The number of aromatic nitrogens is 3. The minimum atomic E-state index is -3.25. The first-order valence-corrected chi connectivity index (χ1v) is 8.20. The lowest BCUT2D eigenvalue weighted by atomic mass is 10.2. The number of carbonyl (C=O) groups excluding carboxylic acids is 1. The van der Waals surface area contributed by atoms with Crippen LogP contribution in [0.1, 0.15) is 36.2 Å². The van der Waals surface area contributed by atoms with E-state index in [9.17, 15) is 13.2 Å². The first-order chi connectivity index (χ1) is 9.77. The molecule has 0 aliphatic carbocycles. The zero-order valence-corrected chi connectivity index (χ0v) is 12.7. The second-order valence-electron chi connectivity index (χ2n) is 4.95. The number of H-pyrrole nitrogens is 1. The van der Waals surface area contributed by atoms with Crippen LogP contribution >= 0.6 is 0 Å². The molecule has 1 heterocycles. The highest BCUT2D eigenvalue weighted by Gasteiger charge is 2.14. The number of anilines is 1. The fraction of sp³-hybridized carbons (Fsp3) is 0.308. The molecule has 0 aliphatic rings. The number of carbonyl (C=O) groups is 1. The van der Waals surface area contributed by atoms with Gasteiger partial charge in [-0.25, -0.2) is 13.4 Å². The van der Waals surface area contributed by atoms with E-state index in [1.807, 2.05) is 13.8 Å². The molecule has 0 atom stereocenters. The number of hydrogen-bond acceptors (Lipinski definition) is 5. The van der Waals surface area contributed by atoms with Gasteiger partial charge in [0, 0.05) is 17.9 Å². The molecule has 0 bridgehead atoms. The van der Waals surface area contributed by atoms with Crippen molar-refractivity contribution in [3.05, 3.63) is 35.9 Å². The molecular formula is C13H16N4O3S. The number of sulfone groups is 1. The molecule has 0 fully saturated rings. The molecule has 0 unspecified atom stereocenters. The number of hydrogen-bond donors (Lipinski definition) is 2. The average molecular weight is 308 g/mol. The normalized spacial score (nSPS) is 11.6. The molecule has 0 saturated carbocycles. The van der Waals surface area contributed by atoms with Gasteiger partial charge in [-0.05, 0) is 24.3 Å². The molecular weight excluding hydrogens is 292 g/mol. The smallest absolute Gasteiger partial charge is 0.295 e. The Morgan fingerprint density at radius 2 is 1.86 bits per heavy atom. The molecule has 2 aromatic rings. The Bertz CT molecular complexity index is 748. The highest BCUT2D eigenvalue weighted by molar-refractivity contribution is 7.90. The maximum Gasteiger partial charge on any atom is 0.295 e. The van der Waals surface area contributed by atoms with E-state index < -0.39 is 15.7 Å². The number of nitrogens with zero attached hydrogens (tertiary/aromatic N) is 2. The zero-order chi connectivity index (χ0) is 15.6. The predicted molar refractivity (Wildman–Crippen MR) is 78.0 cm³/mol. The fourth-order valence-corrected chi connectivity index (χ4v) is 2.24. The maximum absolute atomic E-state index is 12.0. The van der Waals surface area contributed by atoms with Crippen molar-refractivity contribution in [2.45, 2.75) is 24.7 Å².